The average Bonchev–Trinajstić information content (AvgIpc) is 3.49. The molecule has 4 rings (SSSR count). The predicted octanol–water partition coefficient (Wildman–Crippen LogP) is 3.36. The molecule has 1 fully saturated rings. The third kappa shape index (κ3) is 5.74. The molecule has 10 heteroatoms. The summed E-state index contributed by atoms with van der Waals surface area (Å²) in [5.74, 6) is 1.95. The molecule has 1 aliphatic carbocycles. The molecule has 1 saturated carbocycles. The van der Waals surface area contributed by atoms with Gasteiger partial charge in [0.05, 0.1) is 6.20 Å². The van der Waals surface area contributed by atoms with E-state index in [1.165, 1.54) is 12.8 Å². The number of rotatable bonds is 13. The molecule has 1 amide bonds. The number of anilines is 1. The van der Waals surface area contributed by atoms with Gasteiger partial charge < -0.3 is 9.88 Å². The van der Waals surface area contributed by atoms with Crippen LogP contribution in [0.1, 0.15) is 76.6 Å². The second-order valence-electron chi connectivity index (χ2n) is 9.67. The van der Waals surface area contributed by atoms with Crippen molar-refractivity contribution in [2.45, 2.75) is 98.2 Å². The van der Waals surface area contributed by atoms with Gasteiger partial charge in [0.25, 0.3) is 5.56 Å². The molecule has 0 bridgehead atoms. The van der Waals surface area contributed by atoms with Gasteiger partial charge in [-0.15, -0.1) is 0 Å². The molecule has 0 aliphatic heterocycles. The van der Waals surface area contributed by atoms with Crippen LogP contribution in [0.25, 0.3) is 11.2 Å². The van der Waals surface area contributed by atoms with E-state index in [0.717, 1.165) is 50.0 Å². The van der Waals surface area contributed by atoms with Crippen LogP contribution in [-0.4, -0.2) is 34.8 Å². The molecule has 3 aromatic rings. The number of unbranched alkanes of at least 4 members (excludes halogenated alkanes) is 3. The summed E-state index contributed by atoms with van der Waals surface area (Å²) in [7, 11) is 0. The number of nitrogens with zero attached hydrogens (tertiary/aromatic N) is 5. The Labute approximate surface area is 204 Å². The Bertz CT molecular complexity index is 1290. The van der Waals surface area contributed by atoms with Crippen LogP contribution in [0.4, 0.5) is 5.82 Å². The number of imidazole rings is 1. The molecule has 0 aromatic carbocycles. The number of H-pyrrole nitrogens is 1. The van der Waals surface area contributed by atoms with E-state index in [1.807, 2.05) is 16.2 Å². The highest BCUT2D eigenvalue weighted by Gasteiger charge is 2.24. The van der Waals surface area contributed by atoms with Crippen molar-refractivity contribution in [2.75, 3.05) is 5.32 Å². The topological polar surface area (TPSA) is 120 Å². The van der Waals surface area contributed by atoms with Crippen molar-refractivity contribution in [1.29, 1.82) is 0 Å². The van der Waals surface area contributed by atoms with E-state index < -0.39 is 11.2 Å². The van der Waals surface area contributed by atoms with Gasteiger partial charge in [-0.25, -0.2) is 14.5 Å². The fourth-order valence-corrected chi connectivity index (χ4v) is 4.44. The first kappa shape index (κ1) is 24.9. The Hall–Kier alpha value is -3.17. The summed E-state index contributed by atoms with van der Waals surface area (Å²) in [6, 6.07) is 0. The first-order valence-corrected chi connectivity index (χ1v) is 13.0. The minimum atomic E-state index is -0.433. The average molecular weight is 484 g/mol. The van der Waals surface area contributed by atoms with Crippen LogP contribution in [-0.2, 0) is 30.8 Å². The van der Waals surface area contributed by atoms with Gasteiger partial charge in [0.1, 0.15) is 11.6 Å². The molecule has 3 aromatic heterocycles. The Morgan fingerprint density at radius 3 is 2.57 bits per heavy atom. The van der Waals surface area contributed by atoms with Gasteiger partial charge in [-0.2, -0.15) is 5.10 Å². The molecule has 3 heterocycles. The highest BCUT2D eigenvalue weighted by atomic mass is 16.2. The normalized spacial score (nSPS) is 13.6. The van der Waals surface area contributed by atoms with Crippen LogP contribution >= 0.6 is 0 Å². The fraction of sp³-hybridized carbons (Fsp3) is 0.640. The number of aromatic nitrogens is 6. The number of aromatic amines is 1. The van der Waals surface area contributed by atoms with Crippen LogP contribution in [0.15, 0.2) is 15.8 Å². The number of aryl methyl sites for hydroxylation is 4. The first-order valence-electron chi connectivity index (χ1n) is 13.0. The van der Waals surface area contributed by atoms with Gasteiger partial charge in [0, 0.05) is 38.0 Å². The number of amides is 1. The monoisotopic (exact) mass is 483 g/mol. The summed E-state index contributed by atoms with van der Waals surface area (Å²) in [5, 5.41) is 7.45. The van der Waals surface area contributed by atoms with Crippen molar-refractivity contribution in [2.24, 2.45) is 5.92 Å². The maximum atomic E-state index is 12.9. The lowest BCUT2D eigenvalue weighted by Crippen LogP contribution is -2.31. The molecule has 2 N–H and O–H groups in total. The number of nitrogens with one attached hydrogen (secondary N) is 2. The number of carbonyl (C=O) groups excluding carboxylic acids is 1. The quantitative estimate of drug-likeness (QED) is 0.361. The van der Waals surface area contributed by atoms with E-state index in [4.69, 9.17) is 4.98 Å². The van der Waals surface area contributed by atoms with Crippen LogP contribution in [0.5, 0.6) is 0 Å². The number of hydrogen-bond donors (Lipinski definition) is 2. The minimum Gasteiger partial charge on any atom is -0.322 e. The molecule has 0 atom stereocenters. The van der Waals surface area contributed by atoms with Gasteiger partial charge in [0.2, 0.25) is 5.91 Å². The zero-order valence-corrected chi connectivity index (χ0v) is 21.1. The Kier molecular flexibility index (Phi) is 7.87. The first-order chi connectivity index (χ1) is 16.9. The fourth-order valence-electron chi connectivity index (χ4n) is 4.44. The van der Waals surface area contributed by atoms with Crippen LogP contribution < -0.4 is 16.6 Å². The predicted molar refractivity (Wildman–Crippen MR) is 136 cm³/mol. The summed E-state index contributed by atoms with van der Waals surface area (Å²) in [6.07, 6.45) is 9.52. The maximum absolute atomic E-state index is 12.9. The van der Waals surface area contributed by atoms with Crippen molar-refractivity contribution in [1.82, 2.24) is 28.9 Å². The Morgan fingerprint density at radius 1 is 1.11 bits per heavy atom. The van der Waals surface area contributed by atoms with E-state index >= 15 is 0 Å². The van der Waals surface area contributed by atoms with E-state index in [2.05, 4.69) is 29.2 Å². The van der Waals surface area contributed by atoms with E-state index in [1.54, 1.807) is 10.8 Å². The highest BCUT2D eigenvalue weighted by molar-refractivity contribution is 5.90. The molecular weight excluding hydrogens is 446 g/mol. The number of hydrogen-bond acceptors (Lipinski definition) is 5. The molecule has 1 aliphatic rings. The molecule has 0 unspecified atom stereocenters. The summed E-state index contributed by atoms with van der Waals surface area (Å²) >= 11 is 0. The molecule has 10 nitrogen and oxygen atoms in total. The lowest BCUT2D eigenvalue weighted by atomic mass is 10.2. The number of fused-ring (bicyclic) bond motifs is 1. The Morgan fingerprint density at radius 2 is 1.86 bits per heavy atom. The molecule has 0 spiro atoms. The largest absolute Gasteiger partial charge is 0.330 e. The number of carbonyl (C=O) groups is 1. The van der Waals surface area contributed by atoms with Crippen LogP contribution in [0.2, 0.25) is 0 Å². The summed E-state index contributed by atoms with van der Waals surface area (Å²) in [5.41, 5.74) is 0.926. The van der Waals surface area contributed by atoms with Crippen molar-refractivity contribution < 1.29 is 4.79 Å². The van der Waals surface area contributed by atoms with Crippen LogP contribution in [0, 0.1) is 12.8 Å². The van der Waals surface area contributed by atoms with Gasteiger partial charge in [-0.3, -0.25) is 19.1 Å². The van der Waals surface area contributed by atoms with Gasteiger partial charge in [-0.05, 0) is 38.5 Å². The third-order valence-corrected chi connectivity index (χ3v) is 6.67. The zero-order chi connectivity index (χ0) is 24.9. The third-order valence-electron chi connectivity index (χ3n) is 6.67. The zero-order valence-electron chi connectivity index (χ0n) is 21.1. The minimum absolute atomic E-state index is 0.116. The molecule has 35 heavy (non-hydrogen) atoms. The van der Waals surface area contributed by atoms with E-state index in [9.17, 15) is 14.4 Å². The summed E-state index contributed by atoms with van der Waals surface area (Å²) in [6.45, 7) is 8.08. The standard InChI is InChI=1S/C25H37N7O3/c1-4-6-8-14-30-19(27-23-21(30)24(34)29-25(35)31(23)13-7-5-2)11-12-20(33)28-22-17(3)15-26-32(22)16-18-9-10-18/h15,18H,4-14,16H2,1-3H3,(H,28,33)(H,29,34,35). The van der Waals surface area contributed by atoms with Crippen molar-refractivity contribution in [3.8, 4) is 0 Å². The second kappa shape index (κ2) is 11.0. The van der Waals surface area contributed by atoms with Crippen molar-refractivity contribution >= 4 is 22.9 Å². The maximum Gasteiger partial charge on any atom is 0.330 e. The van der Waals surface area contributed by atoms with E-state index in [-0.39, 0.29) is 12.3 Å². The molecular formula is C25H37N7O3. The second-order valence-corrected chi connectivity index (χ2v) is 9.67. The highest BCUT2D eigenvalue weighted by Crippen LogP contribution is 2.32. The summed E-state index contributed by atoms with van der Waals surface area (Å²) < 4.78 is 5.35. The summed E-state index contributed by atoms with van der Waals surface area (Å²) in [4.78, 5) is 45.4. The Balaban J connectivity index is 1.57. The van der Waals surface area contributed by atoms with Crippen molar-refractivity contribution in [3.63, 3.8) is 0 Å². The van der Waals surface area contributed by atoms with E-state index in [0.29, 0.717) is 42.4 Å². The SMILES string of the molecule is CCCCCn1c(CCC(=O)Nc2c(C)cnn2CC2CC2)nc2c1c(=O)[nH]c(=O)n2CCCC. The van der Waals surface area contributed by atoms with Gasteiger partial charge >= 0.3 is 5.69 Å². The van der Waals surface area contributed by atoms with Crippen molar-refractivity contribution in [3.05, 3.63) is 38.4 Å². The van der Waals surface area contributed by atoms with Gasteiger partial charge in [-0.1, -0.05) is 33.1 Å². The molecule has 190 valence electrons. The van der Waals surface area contributed by atoms with Crippen LogP contribution in [0.3, 0.4) is 0 Å². The molecule has 0 radical (unpaired) electrons. The molecule has 0 saturated heterocycles. The lowest BCUT2D eigenvalue weighted by Gasteiger charge is -2.11. The lowest BCUT2D eigenvalue weighted by molar-refractivity contribution is -0.116. The van der Waals surface area contributed by atoms with Gasteiger partial charge in [0.15, 0.2) is 11.2 Å². The smallest absolute Gasteiger partial charge is 0.322 e.